The third-order valence-electron chi connectivity index (χ3n) is 2.43. The summed E-state index contributed by atoms with van der Waals surface area (Å²) in [5.41, 5.74) is 1.78. The van der Waals surface area contributed by atoms with Gasteiger partial charge in [0.05, 0.1) is 6.54 Å². The van der Waals surface area contributed by atoms with Gasteiger partial charge in [-0.2, -0.15) is 0 Å². The van der Waals surface area contributed by atoms with Crippen LogP contribution in [-0.2, 0) is 6.54 Å². The van der Waals surface area contributed by atoms with E-state index in [4.69, 9.17) is 0 Å². The van der Waals surface area contributed by atoms with Crippen LogP contribution >= 0.6 is 0 Å². The van der Waals surface area contributed by atoms with E-state index in [1.807, 2.05) is 28.8 Å². The van der Waals surface area contributed by atoms with Crippen LogP contribution in [0.2, 0.25) is 0 Å². The maximum atomic E-state index is 11.5. The Morgan fingerprint density at radius 3 is 2.93 bits per heavy atom. The predicted octanol–water partition coefficient (Wildman–Crippen LogP) is 2.07. The highest BCUT2D eigenvalue weighted by Gasteiger charge is 2.09. The molecule has 0 bridgehead atoms. The normalized spacial score (nSPS) is 10.9. The highest BCUT2D eigenvalue weighted by molar-refractivity contribution is 5.71. The van der Waals surface area contributed by atoms with Crippen molar-refractivity contribution in [3.63, 3.8) is 0 Å². The molecule has 1 aromatic heterocycles. The van der Waals surface area contributed by atoms with Crippen LogP contribution in [0.3, 0.4) is 0 Å². The summed E-state index contributed by atoms with van der Waals surface area (Å²) in [5, 5.41) is 11.5. The van der Waals surface area contributed by atoms with Crippen molar-refractivity contribution in [2.45, 2.75) is 26.3 Å². The molecule has 0 fully saturated rings. The van der Waals surface area contributed by atoms with Crippen LogP contribution in [0.15, 0.2) is 30.6 Å². The average Bonchev–Trinajstić information content (AvgIpc) is 2.54. The van der Waals surface area contributed by atoms with Gasteiger partial charge in [0, 0.05) is 0 Å². The Kier molecular flexibility index (Phi) is 2.39. The second kappa shape index (κ2) is 3.70. The first-order valence-corrected chi connectivity index (χ1v) is 5.00. The van der Waals surface area contributed by atoms with E-state index in [-0.39, 0.29) is 0 Å². The summed E-state index contributed by atoms with van der Waals surface area (Å²) in [6.07, 6.45) is 3.88. The largest absolute Gasteiger partial charge is 0.710 e. The standard InChI is InChI=1S/C11H14N2O/c1-2-3-8-12-9-13(14)11-7-5-4-6-10(11)12/h4-7,9H,2-3,8H2,1H3. The van der Waals surface area contributed by atoms with Crippen molar-refractivity contribution >= 4 is 11.0 Å². The monoisotopic (exact) mass is 190 g/mol. The van der Waals surface area contributed by atoms with Gasteiger partial charge in [0.15, 0.2) is 11.0 Å². The summed E-state index contributed by atoms with van der Waals surface area (Å²) in [5.74, 6) is 0. The molecule has 0 N–H and O–H groups in total. The van der Waals surface area contributed by atoms with Crippen molar-refractivity contribution in [3.8, 4) is 0 Å². The van der Waals surface area contributed by atoms with Crippen molar-refractivity contribution in [3.05, 3.63) is 35.8 Å². The Labute approximate surface area is 83.2 Å². The average molecular weight is 190 g/mol. The van der Waals surface area contributed by atoms with E-state index in [2.05, 4.69) is 6.92 Å². The minimum atomic E-state index is 0.753. The molecule has 0 aliphatic heterocycles. The van der Waals surface area contributed by atoms with Crippen molar-refractivity contribution in [1.82, 2.24) is 4.57 Å². The van der Waals surface area contributed by atoms with E-state index in [0.29, 0.717) is 0 Å². The van der Waals surface area contributed by atoms with E-state index in [9.17, 15) is 5.21 Å². The van der Waals surface area contributed by atoms with Crippen molar-refractivity contribution in [2.75, 3.05) is 0 Å². The maximum absolute atomic E-state index is 11.5. The molecule has 0 aliphatic carbocycles. The van der Waals surface area contributed by atoms with Crippen LogP contribution in [0, 0.1) is 5.21 Å². The zero-order chi connectivity index (χ0) is 9.97. The van der Waals surface area contributed by atoms with Crippen molar-refractivity contribution in [2.24, 2.45) is 0 Å². The Morgan fingerprint density at radius 2 is 2.14 bits per heavy atom. The first kappa shape index (κ1) is 9.06. The fourth-order valence-corrected chi connectivity index (χ4v) is 1.65. The van der Waals surface area contributed by atoms with Crippen molar-refractivity contribution < 1.29 is 4.73 Å². The molecule has 0 spiro atoms. The van der Waals surface area contributed by atoms with Gasteiger partial charge in [0.25, 0.3) is 0 Å². The molecular formula is C11H14N2O. The Balaban J connectivity index is 2.44. The van der Waals surface area contributed by atoms with Gasteiger partial charge in [-0.1, -0.05) is 25.5 Å². The number of aryl methyl sites for hydroxylation is 1. The fraction of sp³-hybridized carbons (Fsp3) is 0.364. The van der Waals surface area contributed by atoms with Crippen LogP contribution < -0.4 is 4.73 Å². The summed E-state index contributed by atoms with van der Waals surface area (Å²) in [7, 11) is 0. The summed E-state index contributed by atoms with van der Waals surface area (Å²) in [6, 6.07) is 7.69. The number of rotatable bonds is 3. The molecule has 2 aromatic rings. The van der Waals surface area contributed by atoms with Crippen LogP contribution in [0.1, 0.15) is 19.8 Å². The number of hydrogen-bond donors (Lipinski definition) is 0. The van der Waals surface area contributed by atoms with Crippen LogP contribution in [0.4, 0.5) is 0 Å². The number of hydrogen-bond acceptors (Lipinski definition) is 1. The second-order valence-corrected chi connectivity index (χ2v) is 3.48. The second-order valence-electron chi connectivity index (χ2n) is 3.48. The Morgan fingerprint density at radius 1 is 1.36 bits per heavy atom. The van der Waals surface area contributed by atoms with Gasteiger partial charge in [-0.05, 0) is 18.6 Å². The first-order valence-electron chi connectivity index (χ1n) is 5.00. The lowest BCUT2D eigenvalue weighted by Gasteiger charge is -1.94. The SMILES string of the molecule is CCCCn1c[n+]([O-])c2ccccc21. The Bertz CT molecular complexity index is 434. The predicted molar refractivity (Wildman–Crippen MR) is 55.8 cm³/mol. The molecule has 0 radical (unpaired) electrons. The number of unbranched alkanes of at least 4 members (excludes halogenated alkanes) is 1. The third-order valence-corrected chi connectivity index (χ3v) is 2.43. The highest BCUT2D eigenvalue weighted by atomic mass is 16.5. The quantitative estimate of drug-likeness (QED) is 0.538. The zero-order valence-corrected chi connectivity index (χ0v) is 8.31. The number of para-hydroxylation sites is 2. The van der Waals surface area contributed by atoms with Gasteiger partial charge in [0.2, 0.25) is 6.33 Å². The van der Waals surface area contributed by atoms with Gasteiger partial charge >= 0.3 is 0 Å². The number of benzene rings is 1. The van der Waals surface area contributed by atoms with Gasteiger partial charge in [-0.3, -0.25) is 0 Å². The molecule has 2 rings (SSSR count). The molecule has 1 heterocycles. The summed E-state index contributed by atoms with van der Waals surface area (Å²) in [6.45, 7) is 3.07. The van der Waals surface area contributed by atoms with Crippen LogP contribution in [0.25, 0.3) is 11.0 Å². The summed E-state index contributed by atoms with van der Waals surface area (Å²) in [4.78, 5) is 0. The molecule has 3 nitrogen and oxygen atoms in total. The lowest BCUT2D eigenvalue weighted by atomic mass is 10.3. The third kappa shape index (κ3) is 1.45. The molecule has 0 saturated heterocycles. The zero-order valence-electron chi connectivity index (χ0n) is 8.31. The molecule has 0 aliphatic rings. The molecular weight excluding hydrogens is 176 g/mol. The molecule has 0 saturated carbocycles. The molecule has 14 heavy (non-hydrogen) atoms. The topological polar surface area (TPSA) is 31.9 Å². The molecule has 0 unspecified atom stereocenters. The molecule has 3 heteroatoms. The number of fused-ring (bicyclic) bond motifs is 1. The lowest BCUT2D eigenvalue weighted by Crippen LogP contribution is -2.23. The van der Waals surface area contributed by atoms with Gasteiger partial charge < -0.3 is 5.21 Å². The maximum Gasteiger partial charge on any atom is 0.247 e. The molecule has 0 atom stereocenters. The molecule has 74 valence electrons. The van der Waals surface area contributed by atoms with Gasteiger partial charge in [-0.25, -0.2) is 9.30 Å². The van der Waals surface area contributed by atoms with Gasteiger partial charge in [0.1, 0.15) is 0 Å². The van der Waals surface area contributed by atoms with Gasteiger partial charge in [-0.15, -0.1) is 0 Å². The Hall–Kier alpha value is -1.51. The minimum Gasteiger partial charge on any atom is -0.710 e. The minimum absolute atomic E-state index is 0.753. The lowest BCUT2D eigenvalue weighted by molar-refractivity contribution is -0.578. The van der Waals surface area contributed by atoms with Crippen LogP contribution in [0.5, 0.6) is 0 Å². The molecule has 1 aromatic carbocycles. The van der Waals surface area contributed by atoms with E-state index in [1.165, 1.54) is 0 Å². The fourth-order valence-electron chi connectivity index (χ4n) is 1.65. The van der Waals surface area contributed by atoms with E-state index in [0.717, 1.165) is 35.2 Å². The first-order chi connectivity index (χ1) is 6.83. The van der Waals surface area contributed by atoms with E-state index < -0.39 is 0 Å². The molecule has 0 amide bonds. The highest BCUT2D eigenvalue weighted by Crippen LogP contribution is 2.10. The number of nitrogens with zero attached hydrogens (tertiary/aromatic N) is 2. The van der Waals surface area contributed by atoms with Crippen LogP contribution in [-0.4, -0.2) is 4.57 Å². The van der Waals surface area contributed by atoms with E-state index in [1.54, 1.807) is 6.33 Å². The number of imidazole rings is 1. The number of aromatic nitrogens is 2. The smallest absolute Gasteiger partial charge is 0.247 e. The summed E-state index contributed by atoms with van der Waals surface area (Å²) < 4.78 is 2.96. The van der Waals surface area contributed by atoms with Crippen molar-refractivity contribution in [1.29, 1.82) is 0 Å². The summed E-state index contributed by atoms with van der Waals surface area (Å²) >= 11 is 0. The van der Waals surface area contributed by atoms with E-state index >= 15 is 0 Å².